The van der Waals surface area contributed by atoms with Gasteiger partial charge < -0.3 is 11.1 Å². The number of hydrogen-bond acceptors (Lipinski definition) is 6. The lowest BCUT2D eigenvalue weighted by Gasteiger charge is -2.27. The number of piperidine rings is 1. The van der Waals surface area contributed by atoms with Crippen LogP contribution in [-0.2, 0) is 29.0 Å². The van der Waals surface area contributed by atoms with Gasteiger partial charge in [-0.05, 0) is 54.2 Å². The molecule has 2 aliphatic heterocycles. The van der Waals surface area contributed by atoms with Gasteiger partial charge >= 0.3 is 0 Å². The molecule has 4 N–H and O–H groups in total. The van der Waals surface area contributed by atoms with Crippen molar-refractivity contribution < 1.29 is 19.2 Å². The van der Waals surface area contributed by atoms with Crippen LogP contribution in [0.3, 0.4) is 0 Å². The number of amides is 4. The van der Waals surface area contributed by atoms with Crippen molar-refractivity contribution in [3.8, 4) is 0 Å². The van der Waals surface area contributed by atoms with Crippen LogP contribution < -0.4 is 16.4 Å². The lowest BCUT2D eigenvalue weighted by molar-refractivity contribution is -0.136. The van der Waals surface area contributed by atoms with Crippen LogP contribution in [-0.4, -0.2) is 40.6 Å². The van der Waals surface area contributed by atoms with Crippen LogP contribution in [0.1, 0.15) is 50.2 Å². The van der Waals surface area contributed by atoms with E-state index in [-0.39, 0.29) is 24.4 Å². The first-order valence-electron chi connectivity index (χ1n) is 10.4. The Hall–Kier alpha value is -3.52. The Morgan fingerprint density at radius 3 is 2.65 bits per heavy atom. The predicted molar refractivity (Wildman–Crippen MR) is 112 cm³/mol. The number of nitrogens with two attached hydrogens (primary N) is 1. The van der Waals surface area contributed by atoms with E-state index in [1.165, 1.54) is 11.1 Å². The van der Waals surface area contributed by atoms with Crippen LogP contribution >= 0.6 is 0 Å². The molecule has 0 bridgehead atoms. The fourth-order valence-corrected chi connectivity index (χ4v) is 4.69. The maximum absolute atomic E-state index is 13.2. The SMILES string of the molecule is NC1Cc2ccc(NCc3cccc4c3C(=O)N(C3CCC(=O)NC3=O)C4=O)cc2C1. The summed E-state index contributed by atoms with van der Waals surface area (Å²) in [5.74, 6) is -1.99. The van der Waals surface area contributed by atoms with Gasteiger partial charge in [-0.2, -0.15) is 0 Å². The van der Waals surface area contributed by atoms with E-state index in [0.29, 0.717) is 17.7 Å². The molecule has 158 valence electrons. The average Bonchev–Trinajstić information content (AvgIpc) is 3.23. The third-order valence-electron chi connectivity index (χ3n) is 6.21. The number of anilines is 1. The summed E-state index contributed by atoms with van der Waals surface area (Å²) in [7, 11) is 0. The second kappa shape index (κ2) is 7.31. The maximum Gasteiger partial charge on any atom is 0.262 e. The zero-order chi connectivity index (χ0) is 21.7. The minimum Gasteiger partial charge on any atom is -0.381 e. The van der Waals surface area contributed by atoms with E-state index < -0.39 is 29.7 Å². The Balaban J connectivity index is 1.38. The molecule has 8 heteroatoms. The molecule has 2 aromatic carbocycles. The lowest BCUT2D eigenvalue weighted by Crippen LogP contribution is -2.54. The van der Waals surface area contributed by atoms with E-state index in [9.17, 15) is 19.2 Å². The second-order valence-corrected chi connectivity index (χ2v) is 8.29. The Kier molecular flexibility index (Phi) is 4.59. The van der Waals surface area contributed by atoms with Gasteiger partial charge in [0.05, 0.1) is 11.1 Å². The predicted octanol–water partition coefficient (Wildman–Crippen LogP) is 1.13. The Morgan fingerprint density at radius 1 is 1.03 bits per heavy atom. The summed E-state index contributed by atoms with van der Waals surface area (Å²) in [5, 5.41) is 5.55. The third-order valence-corrected chi connectivity index (χ3v) is 6.21. The summed E-state index contributed by atoms with van der Waals surface area (Å²) >= 11 is 0. The van der Waals surface area contributed by atoms with Crippen LogP contribution in [0.2, 0.25) is 0 Å². The minimum atomic E-state index is -0.966. The Labute approximate surface area is 178 Å². The lowest BCUT2D eigenvalue weighted by atomic mass is 10.0. The highest BCUT2D eigenvalue weighted by Gasteiger charge is 2.45. The van der Waals surface area contributed by atoms with Crippen molar-refractivity contribution >= 4 is 29.3 Å². The van der Waals surface area contributed by atoms with E-state index in [0.717, 1.165) is 23.4 Å². The van der Waals surface area contributed by atoms with Gasteiger partial charge in [0, 0.05) is 24.7 Å². The van der Waals surface area contributed by atoms with Crippen molar-refractivity contribution in [2.24, 2.45) is 5.73 Å². The Morgan fingerprint density at radius 2 is 1.84 bits per heavy atom. The minimum absolute atomic E-state index is 0.0974. The quantitative estimate of drug-likeness (QED) is 0.640. The van der Waals surface area contributed by atoms with Crippen LogP contribution in [0, 0.1) is 0 Å². The fourth-order valence-electron chi connectivity index (χ4n) is 4.69. The summed E-state index contributed by atoms with van der Waals surface area (Å²) in [4.78, 5) is 50.8. The number of hydrogen-bond donors (Lipinski definition) is 3. The molecule has 0 aromatic heterocycles. The van der Waals surface area contributed by atoms with Crippen molar-refractivity contribution in [1.82, 2.24) is 10.2 Å². The standard InChI is InChI=1S/C23H22N4O4/c24-15-8-12-4-5-16(10-14(12)9-15)25-11-13-2-1-3-17-20(13)23(31)27(22(17)30)18-6-7-19(28)26-21(18)29/h1-5,10,15,18,25H,6-9,11,24H2,(H,26,28,29). The number of rotatable bonds is 4. The number of benzene rings is 2. The van der Waals surface area contributed by atoms with Crippen molar-refractivity contribution in [2.45, 2.75) is 44.3 Å². The fraction of sp³-hybridized carbons (Fsp3) is 0.304. The molecule has 0 saturated carbocycles. The first kappa shape index (κ1) is 19.4. The monoisotopic (exact) mass is 418 g/mol. The summed E-state index contributed by atoms with van der Waals surface area (Å²) in [6, 6.07) is 10.5. The van der Waals surface area contributed by atoms with Crippen molar-refractivity contribution in [3.63, 3.8) is 0 Å². The Bertz CT molecular complexity index is 1140. The van der Waals surface area contributed by atoms with Crippen LogP contribution in [0.25, 0.3) is 0 Å². The second-order valence-electron chi connectivity index (χ2n) is 8.29. The molecule has 0 radical (unpaired) electrons. The number of fused-ring (bicyclic) bond motifs is 2. The number of nitrogens with one attached hydrogen (secondary N) is 2. The van der Waals surface area contributed by atoms with Gasteiger partial charge in [-0.25, -0.2) is 0 Å². The highest BCUT2D eigenvalue weighted by atomic mass is 16.2. The maximum atomic E-state index is 13.2. The first-order chi connectivity index (χ1) is 14.9. The van der Waals surface area contributed by atoms with Crippen LogP contribution in [0.4, 0.5) is 5.69 Å². The van der Waals surface area contributed by atoms with Crippen LogP contribution in [0.15, 0.2) is 36.4 Å². The summed E-state index contributed by atoms with van der Waals surface area (Å²) in [5.41, 5.74) is 10.7. The molecule has 2 atom stereocenters. The van der Waals surface area contributed by atoms with Crippen LogP contribution in [0.5, 0.6) is 0 Å². The molecule has 4 amide bonds. The molecule has 2 aromatic rings. The smallest absolute Gasteiger partial charge is 0.262 e. The highest BCUT2D eigenvalue weighted by molar-refractivity contribution is 6.24. The van der Waals surface area contributed by atoms with Crippen molar-refractivity contribution in [2.75, 3.05) is 5.32 Å². The molecule has 1 aliphatic carbocycles. The molecule has 8 nitrogen and oxygen atoms in total. The average molecular weight is 418 g/mol. The number of carbonyl (C=O) groups excluding carboxylic acids is 4. The van der Waals surface area contributed by atoms with Gasteiger partial charge in [0.2, 0.25) is 11.8 Å². The summed E-state index contributed by atoms with van der Waals surface area (Å²) in [6.07, 6.45) is 1.97. The van der Waals surface area contributed by atoms with Gasteiger partial charge in [0.1, 0.15) is 6.04 Å². The van der Waals surface area contributed by atoms with E-state index in [1.54, 1.807) is 18.2 Å². The third kappa shape index (κ3) is 3.29. The molecule has 1 fully saturated rings. The van der Waals surface area contributed by atoms with Gasteiger partial charge in [-0.1, -0.05) is 18.2 Å². The van der Waals surface area contributed by atoms with E-state index >= 15 is 0 Å². The van der Waals surface area contributed by atoms with Gasteiger partial charge in [0.15, 0.2) is 0 Å². The first-order valence-corrected chi connectivity index (χ1v) is 10.4. The zero-order valence-corrected chi connectivity index (χ0v) is 16.8. The van der Waals surface area contributed by atoms with Crippen molar-refractivity contribution in [3.05, 3.63) is 64.2 Å². The molecule has 2 heterocycles. The normalized spacial score (nSPS) is 22.4. The largest absolute Gasteiger partial charge is 0.381 e. The zero-order valence-electron chi connectivity index (χ0n) is 16.8. The molecule has 0 spiro atoms. The van der Waals surface area contributed by atoms with E-state index in [1.807, 2.05) is 6.07 Å². The summed E-state index contributed by atoms with van der Waals surface area (Å²) in [6.45, 7) is 0.357. The van der Waals surface area contributed by atoms with E-state index in [2.05, 4.69) is 22.8 Å². The molecule has 2 unspecified atom stereocenters. The van der Waals surface area contributed by atoms with Gasteiger partial charge in [-0.3, -0.25) is 29.4 Å². The molecular weight excluding hydrogens is 396 g/mol. The molecule has 1 saturated heterocycles. The summed E-state index contributed by atoms with van der Waals surface area (Å²) < 4.78 is 0. The highest BCUT2D eigenvalue weighted by Crippen LogP contribution is 2.31. The molecular formula is C23H22N4O4. The number of nitrogens with zero attached hydrogens (tertiary/aromatic N) is 1. The van der Waals surface area contributed by atoms with Gasteiger partial charge in [-0.15, -0.1) is 0 Å². The van der Waals surface area contributed by atoms with Gasteiger partial charge in [0.25, 0.3) is 11.8 Å². The number of carbonyl (C=O) groups is 4. The topological polar surface area (TPSA) is 122 Å². The van der Waals surface area contributed by atoms with E-state index in [4.69, 9.17) is 5.73 Å². The molecule has 3 aliphatic rings. The molecule has 31 heavy (non-hydrogen) atoms. The molecule has 5 rings (SSSR count). The van der Waals surface area contributed by atoms with Crippen molar-refractivity contribution in [1.29, 1.82) is 0 Å². The number of imide groups is 2.